The lowest BCUT2D eigenvalue weighted by molar-refractivity contribution is 0.166. The van der Waals surface area contributed by atoms with Crippen molar-refractivity contribution >= 4 is 0 Å². The summed E-state index contributed by atoms with van der Waals surface area (Å²) >= 11 is 0. The molecule has 1 unspecified atom stereocenters. The van der Waals surface area contributed by atoms with Crippen molar-refractivity contribution in [2.75, 3.05) is 7.11 Å². The number of aliphatic hydroxyl groups excluding tert-OH is 1. The third-order valence-electron chi connectivity index (χ3n) is 3.47. The summed E-state index contributed by atoms with van der Waals surface area (Å²) in [5.41, 5.74) is 2.50. The molecule has 0 aliphatic rings. The quantitative estimate of drug-likeness (QED) is 0.885. The molecule has 4 nitrogen and oxygen atoms in total. The average Bonchev–Trinajstić information content (AvgIpc) is 2.96. The number of nitrogens with zero attached hydrogens (tertiary/aromatic N) is 2. The lowest BCUT2D eigenvalue weighted by atomic mass is 10.1. The first-order valence-electron chi connectivity index (χ1n) is 7.08. The van der Waals surface area contributed by atoms with Crippen LogP contribution in [0.1, 0.15) is 42.6 Å². The Labute approximate surface area is 125 Å². The standard InChI is InChI=1S/C17H20N2O2/c1-3-4-16(20)14-7-8-19(12-14)11-13-5-6-17(21-2)15(9-13)10-18/h5-9,12,16,20H,3-4,11H2,1-2H3. The van der Waals surface area contributed by atoms with Gasteiger partial charge in [-0.1, -0.05) is 19.4 Å². The van der Waals surface area contributed by atoms with E-state index in [1.807, 2.05) is 41.2 Å². The number of rotatable bonds is 6. The molecule has 0 spiro atoms. The summed E-state index contributed by atoms with van der Waals surface area (Å²) in [6, 6.07) is 9.67. The van der Waals surface area contributed by atoms with Crippen molar-refractivity contribution in [3.63, 3.8) is 0 Å². The van der Waals surface area contributed by atoms with Crippen LogP contribution in [0.3, 0.4) is 0 Å². The molecule has 1 aromatic carbocycles. The minimum Gasteiger partial charge on any atom is -0.495 e. The maximum atomic E-state index is 9.98. The van der Waals surface area contributed by atoms with Crippen LogP contribution in [0.5, 0.6) is 5.75 Å². The number of aromatic nitrogens is 1. The summed E-state index contributed by atoms with van der Waals surface area (Å²) < 4.78 is 7.15. The lowest BCUT2D eigenvalue weighted by Crippen LogP contribution is -1.99. The summed E-state index contributed by atoms with van der Waals surface area (Å²) in [5, 5.41) is 19.1. The largest absolute Gasteiger partial charge is 0.495 e. The van der Waals surface area contributed by atoms with Crippen molar-refractivity contribution in [1.29, 1.82) is 5.26 Å². The minimum absolute atomic E-state index is 0.401. The number of nitriles is 1. The second kappa shape index (κ2) is 6.96. The highest BCUT2D eigenvalue weighted by atomic mass is 16.5. The monoisotopic (exact) mass is 284 g/mol. The number of methoxy groups -OCH3 is 1. The van der Waals surface area contributed by atoms with Crippen molar-refractivity contribution in [2.45, 2.75) is 32.4 Å². The van der Waals surface area contributed by atoms with E-state index < -0.39 is 6.10 Å². The second-order valence-electron chi connectivity index (χ2n) is 5.07. The first-order chi connectivity index (χ1) is 10.2. The molecular weight excluding hydrogens is 264 g/mol. The fraction of sp³-hybridized carbons (Fsp3) is 0.353. The van der Waals surface area contributed by atoms with E-state index in [-0.39, 0.29) is 0 Å². The maximum absolute atomic E-state index is 9.98. The molecule has 1 atom stereocenters. The van der Waals surface area contributed by atoms with Crippen LogP contribution in [0.2, 0.25) is 0 Å². The van der Waals surface area contributed by atoms with Gasteiger partial charge in [-0.15, -0.1) is 0 Å². The maximum Gasteiger partial charge on any atom is 0.136 e. The average molecular weight is 284 g/mol. The topological polar surface area (TPSA) is 58.2 Å². The van der Waals surface area contributed by atoms with Gasteiger partial charge in [0.05, 0.1) is 18.8 Å². The molecule has 2 rings (SSSR count). The first-order valence-corrected chi connectivity index (χ1v) is 7.08. The molecule has 21 heavy (non-hydrogen) atoms. The van der Waals surface area contributed by atoms with Gasteiger partial charge in [-0.2, -0.15) is 5.26 Å². The Kier molecular flexibility index (Phi) is 5.02. The number of ether oxygens (including phenoxy) is 1. The van der Waals surface area contributed by atoms with E-state index in [9.17, 15) is 5.11 Å². The highest BCUT2D eigenvalue weighted by molar-refractivity contribution is 5.45. The van der Waals surface area contributed by atoms with Crippen LogP contribution < -0.4 is 4.74 Å². The fourth-order valence-corrected chi connectivity index (χ4v) is 2.35. The van der Waals surface area contributed by atoms with Gasteiger partial charge in [0, 0.05) is 18.9 Å². The molecule has 0 fully saturated rings. The summed E-state index contributed by atoms with van der Waals surface area (Å²) in [5.74, 6) is 0.591. The third kappa shape index (κ3) is 3.65. The van der Waals surface area contributed by atoms with E-state index in [4.69, 9.17) is 10.00 Å². The molecule has 0 radical (unpaired) electrons. The molecule has 0 amide bonds. The van der Waals surface area contributed by atoms with Crippen LogP contribution in [0, 0.1) is 11.3 Å². The highest BCUT2D eigenvalue weighted by Gasteiger charge is 2.09. The van der Waals surface area contributed by atoms with Crippen molar-refractivity contribution < 1.29 is 9.84 Å². The Bertz CT molecular complexity index is 640. The number of hydrogen-bond donors (Lipinski definition) is 1. The van der Waals surface area contributed by atoms with Gasteiger partial charge < -0.3 is 14.4 Å². The molecule has 1 aromatic heterocycles. The Morgan fingerprint density at radius 1 is 1.38 bits per heavy atom. The normalized spacial score (nSPS) is 11.9. The Balaban J connectivity index is 2.14. The van der Waals surface area contributed by atoms with Crippen LogP contribution in [0.25, 0.3) is 0 Å². The van der Waals surface area contributed by atoms with Crippen LogP contribution in [-0.2, 0) is 6.54 Å². The summed E-state index contributed by atoms with van der Waals surface area (Å²) in [7, 11) is 1.56. The Morgan fingerprint density at radius 3 is 2.86 bits per heavy atom. The predicted molar refractivity (Wildman–Crippen MR) is 81.1 cm³/mol. The third-order valence-corrected chi connectivity index (χ3v) is 3.47. The van der Waals surface area contributed by atoms with Crippen molar-refractivity contribution in [1.82, 2.24) is 4.57 Å². The van der Waals surface area contributed by atoms with E-state index >= 15 is 0 Å². The van der Waals surface area contributed by atoms with Gasteiger partial charge in [0.15, 0.2) is 0 Å². The molecule has 4 heteroatoms. The smallest absolute Gasteiger partial charge is 0.136 e. The lowest BCUT2D eigenvalue weighted by Gasteiger charge is -2.08. The summed E-state index contributed by atoms with van der Waals surface area (Å²) in [6.07, 6.45) is 5.23. The molecule has 1 heterocycles. The molecular formula is C17H20N2O2. The van der Waals surface area contributed by atoms with Gasteiger partial charge in [-0.3, -0.25) is 0 Å². The first kappa shape index (κ1) is 15.1. The van der Waals surface area contributed by atoms with Gasteiger partial charge in [0.25, 0.3) is 0 Å². The SMILES string of the molecule is CCCC(O)c1ccn(Cc2ccc(OC)c(C#N)c2)c1. The zero-order valence-electron chi connectivity index (χ0n) is 12.4. The zero-order valence-corrected chi connectivity index (χ0v) is 12.4. The van der Waals surface area contributed by atoms with Gasteiger partial charge in [-0.25, -0.2) is 0 Å². The predicted octanol–water partition coefficient (Wildman–Crippen LogP) is 3.25. The highest BCUT2D eigenvalue weighted by Crippen LogP contribution is 2.21. The molecule has 0 saturated carbocycles. The van der Waals surface area contributed by atoms with Crippen LogP contribution in [-0.4, -0.2) is 16.8 Å². The van der Waals surface area contributed by atoms with Crippen LogP contribution >= 0.6 is 0 Å². The van der Waals surface area contributed by atoms with Crippen molar-refractivity contribution in [2.24, 2.45) is 0 Å². The van der Waals surface area contributed by atoms with Gasteiger partial charge in [-0.05, 0) is 35.7 Å². The Hall–Kier alpha value is -2.25. The van der Waals surface area contributed by atoms with E-state index in [1.54, 1.807) is 7.11 Å². The molecule has 0 aliphatic heterocycles. The summed E-state index contributed by atoms with van der Waals surface area (Å²) in [6.45, 7) is 2.72. The van der Waals surface area contributed by atoms with Crippen molar-refractivity contribution in [3.8, 4) is 11.8 Å². The van der Waals surface area contributed by atoms with Crippen LogP contribution in [0.4, 0.5) is 0 Å². The van der Waals surface area contributed by atoms with Crippen LogP contribution in [0.15, 0.2) is 36.7 Å². The van der Waals surface area contributed by atoms with E-state index in [2.05, 4.69) is 13.0 Å². The second-order valence-corrected chi connectivity index (χ2v) is 5.07. The number of hydrogen-bond acceptors (Lipinski definition) is 3. The molecule has 0 aliphatic carbocycles. The van der Waals surface area contributed by atoms with Gasteiger partial charge >= 0.3 is 0 Å². The van der Waals surface area contributed by atoms with Gasteiger partial charge in [0.2, 0.25) is 0 Å². The molecule has 0 saturated heterocycles. The molecule has 1 N–H and O–H groups in total. The van der Waals surface area contributed by atoms with E-state index in [1.165, 1.54) is 0 Å². The summed E-state index contributed by atoms with van der Waals surface area (Å²) in [4.78, 5) is 0. The van der Waals surface area contributed by atoms with Gasteiger partial charge in [0.1, 0.15) is 11.8 Å². The molecule has 2 aromatic rings. The fourth-order valence-electron chi connectivity index (χ4n) is 2.35. The molecule has 0 bridgehead atoms. The van der Waals surface area contributed by atoms with E-state index in [0.29, 0.717) is 17.9 Å². The van der Waals surface area contributed by atoms with Crippen molar-refractivity contribution in [3.05, 3.63) is 53.3 Å². The number of benzene rings is 1. The zero-order chi connectivity index (χ0) is 15.2. The number of aliphatic hydroxyl groups is 1. The molecule has 110 valence electrons. The van der Waals surface area contributed by atoms with E-state index in [0.717, 1.165) is 24.0 Å². The minimum atomic E-state index is -0.401. The Morgan fingerprint density at radius 2 is 2.19 bits per heavy atom.